The fraction of sp³-hybridized carbons (Fsp3) is 0.0323. The number of aliphatic imine (C=N–C) groups is 2. The van der Waals surface area contributed by atoms with Crippen molar-refractivity contribution >= 4 is 47.3 Å². The third-order valence-corrected chi connectivity index (χ3v) is 5.91. The molecule has 4 aromatic carbocycles. The Balaban J connectivity index is 1.46. The number of nitro groups is 2. The zero-order valence-corrected chi connectivity index (χ0v) is 21.6. The molecule has 0 spiro atoms. The van der Waals surface area contributed by atoms with Gasteiger partial charge in [-0.3, -0.25) is 30.2 Å². The molecular weight excluding hydrogens is 524 g/mol. The van der Waals surface area contributed by atoms with Gasteiger partial charge in [-0.2, -0.15) is 0 Å². The molecule has 0 atom stereocenters. The number of hydrogen-bond donors (Lipinski definition) is 2. The predicted molar refractivity (Wildman–Crippen MR) is 160 cm³/mol. The maximum absolute atomic E-state index is 11.2. The Morgan fingerprint density at radius 1 is 0.634 bits per heavy atom. The summed E-state index contributed by atoms with van der Waals surface area (Å²) in [6.45, 7) is 0. The molecule has 0 heterocycles. The Kier molecular flexibility index (Phi) is 9.09. The zero-order chi connectivity index (χ0) is 29.2. The molecule has 0 aliphatic carbocycles. The fourth-order valence-electron chi connectivity index (χ4n) is 3.93. The van der Waals surface area contributed by atoms with Crippen LogP contribution in [-0.4, -0.2) is 32.5 Å². The summed E-state index contributed by atoms with van der Waals surface area (Å²) in [5, 5.41) is 42.8. The average Bonchev–Trinajstić information content (AvgIpc) is 2.96. The van der Waals surface area contributed by atoms with Crippen LogP contribution in [-0.2, 0) is 6.42 Å². The standard InChI is InChI=1S/C31H24N4O6/c36-30-15-13-22(20-26(30)32-17-5-9-24-7-1-3-11-28(24)34(38)39)19-23-14-16-31(37)27(21-23)33-18-6-10-25-8-2-4-12-29(25)35(40)41/h1-18,20-21,36-37H,19H2/b9-5+,10-6+,32-17?,33-18?. The molecule has 0 radical (unpaired) electrons. The highest BCUT2D eigenvalue weighted by Gasteiger charge is 2.10. The molecule has 0 aliphatic rings. The molecule has 0 unspecified atom stereocenters. The summed E-state index contributed by atoms with van der Waals surface area (Å²) in [7, 11) is 0. The molecule has 0 fully saturated rings. The van der Waals surface area contributed by atoms with Crippen molar-refractivity contribution < 1.29 is 20.1 Å². The minimum absolute atomic E-state index is 0.0178. The van der Waals surface area contributed by atoms with Gasteiger partial charge in [0.2, 0.25) is 0 Å². The number of aromatic hydroxyl groups is 2. The van der Waals surface area contributed by atoms with Crippen molar-refractivity contribution in [2.75, 3.05) is 0 Å². The van der Waals surface area contributed by atoms with E-state index in [9.17, 15) is 30.4 Å². The highest BCUT2D eigenvalue weighted by molar-refractivity contribution is 5.83. The van der Waals surface area contributed by atoms with Crippen LogP contribution in [0.5, 0.6) is 11.5 Å². The number of phenolic OH excluding ortho intramolecular Hbond substituents is 2. The number of para-hydroxylation sites is 2. The smallest absolute Gasteiger partial charge is 0.276 e. The minimum Gasteiger partial charge on any atom is -0.506 e. The van der Waals surface area contributed by atoms with Crippen LogP contribution in [0.25, 0.3) is 12.2 Å². The summed E-state index contributed by atoms with van der Waals surface area (Å²) in [4.78, 5) is 30.0. The first-order valence-corrected chi connectivity index (χ1v) is 12.3. The number of nitrogens with zero attached hydrogens (tertiary/aromatic N) is 4. The van der Waals surface area contributed by atoms with Crippen LogP contribution in [0.15, 0.2) is 107 Å². The molecule has 10 heteroatoms. The van der Waals surface area contributed by atoms with E-state index < -0.39 is 9.85 Å². The lowest BCUT2D eigenvalue weighted by molar-refractivity contribution is -0.385. The minimum atomic E-state index is -0.457. The van der Waals surface area contributed by atoms with Crippen molar-refractivity contribution in [1.82, 2.24) is 0 Å². The van der Waals surface area contributed by atoms with Crippen molar-refractivity contribution in [1.29, 1.82) is 0 Å². The number of phenols is 2. The molecular formula is C31H24N4O6. The molecule has 0 saturated carbocycles. The second-order valence-electron chi connectivity index (χ2n) is 8.73. The molecule has 10 nitrogen and oxygen atoms in total. The van der Waals surface area contributed by atoms with E-state index in [1.165, 1.54) is 36.7 Å². The topological polar surface area (TPSA) is 151 Å². The molecule has 0 aliphatic heterocycles. The van der Waals surface area contributed by atoms with Gasteiger partial charge in [0.15, 0.2) is 0 Å². The van der Waals surface area contributed by atoms with Gasteiger partial charge in [-0.05, 0) is 78.3 Å². The van der Waals surface area contributed by atoms with Crippen LogP contribution >= 0.6 is 0 Å². The maximum atomic E-state index is 11.2. The predicted octanol–water partition coefficient (Wildman–Crippen LogP) is 7.34. The Bertz CT molecular complexity index is 1580. The first-order valence-electron chi connectivity index (χ1n) is 12.3. The van der Waals surface area contributed by atoms with E-state index in [2.05, 4.69) is 9.98 Å². The molecule has 0 saturated heterocycles. The summed E-state index contributed by atoms with van der Waals surface area (Å²) in [5.41, 5.74) is 3.17. The molecule has 0 aromatic heterocycles. The van der Waals surface area contributed by atoms with Gasteiger partial charge < -0.3 is 10.2 Å². The third-order valence-electron chi connectivity index (χ3n) is 5.91. The highest BCUT2D eigenvalue weighted by Crippen LogP contribution is 2.31. The van der Waals surface area contributed by atoms with Crippen LogP contribution in [0.4, 0.5) is 22.7 Å². The molecule has 41 heavy (non-hydrogen) atoms. The van der Waals surface area contributed by atoms with E-state index in [1.807, 2.05) is 0 Å². The van der Waals surface area contributed by atoms with Crippen molar-refractivity contribution in [3.63, 3.8) is 0 Å². The summed E-state index contributed by atoms with van der Waals surface area (Å²) in [5.74, 6) is -0.0453. The van der Waals surface area contributed by atoms with Crippen LogP contribution in [0.3, 0.4) is 0 Å². The number of benzene rings is 4. The molecule has 4 rings (SSSR count). The van der Waals surface area contributed by atoms with Gasteiger partial charge in [0.05, 0.1) is 21.0 Å². The van der Waals surface area contributed by atoms with Gasteiger partial charge in [-0.25, -0.2) is 0 Å². The van der Waals surface area contributed by atoms with Crippen molar-refractivity contribution in [3.05, 3.63) is 140 Å². The second-order valence-corrected chi connectivity index (χ2v) is 8.73. The monoisotopic (exact) mass is 548 g/mol. The quantitative estimate of drug-likeness (QED) is 0.120. The highest BCUT2D eigenvalue weighted by atomic mass is 16.6. The van der Waals surface area contributed by atoms with Crippen LogP contribution in [0.2, 0.25) is 0 Å². The van der Waals surface area contributed by atoms with E-state index in [4.69, 9.17) is 0 Å². The summed E-state index contributed by atoms with van der Waals surface area (Å²) >= 11 is 0. The normalized spacial score (nSPS) is 11.7. The summed E-state index contributed by atoms with van der Waals surface area (Å²) in [6, 6.07) is 22.7. The van der Waals surface area contributed by atoms with Gasteiger partial charge in [-0.15, -0.1) is 0 Å². The first-order chi connectivity index (χ1) is 19.8. The Morgan fingerprint density at radius 2 is 1.05 bits per heavy atom. The molecule has 4 aromatic rings. The van der Waals surface area contributed by atoms with Gasteiger partial charge >= 0.3 is 0 Å². The van der Waals surface area contributed by atoms with Crippen LogP contribution in [0.1, 0.15) is 22.3 Å². The Labute approximate surface area is 234 Å². The summed E-state index contributed by atoms with van der Waals surface area (Å²) < 4.78 is 0. The van der Waals surface area contributed by atoms with Crippen molar-refractivity contribution in [3.8, 4) is 11.5 Å². The Morgan fingerprint density at radius 3 is 1.46 bits per heavy atom. The average molecular weight is 549 g/mol. The van der Waals surface area contributed by atoms with E-state index in [0.717, 1.165) is 11.1 Å². The van der Waals surface area contributed by atoms with Crippen LogP contribution < -0.4 is 0 Å². The maximum Gasteiger partial charge on any atom is 0.276 e. The zero-order valence-electron chi connectivity index (χ0n) is 21.6. The van der Waals surface area contributed by atoms with Crippen molar-refractivity contribution in [2.45, 2.75) is 6.42 Å². The number of nitro benzene ring substituents is 2. The largest absolute Gasteiger partial charge is 0.506 e. The second kappa shape index (κ2) is 13.3. The van der Waals surface area contributed by atoms with E-state index in [1.54, 1.807) is 85.0 Å². The van der Waals surface area contributed by atoms with Crippen LogP contribution in [0, 0.1) is 20.2 Å². The Hall–Kier alpha value is -5.90. The third kappa shape index (κ3) is 7.58. The SMILES string of the molecule is O=[N+]([O-])c1ccccc1/C=C/C=Nc1cc(Cc2ccc(O)c(N=C/C=C/c3ccccc3[N+](=O)[O-])c2)ccc1O. The lowest BCUT2D eigenvalue weighted by Gasteiger charge is -2.07. The van der Waals surface area contributed by atoms with Gasteiger partial charge in [0.25, 0.3) is 11.4 Å². The van der Waals surface area contributed by atoms with E-state index in [0.29, 0.717) is 28.9 Å². The van der Waals surface area contributed by atoms with E-state index >= 15 is 0 Å². The number of hydrogen-bond acceptors (Lipinski definition) is 8. The first kappa shape index (κ1) is 28.1. The van der Waals surface area contributed by atoms with Gasteiger partial charge in [0.1, 0.15) is 22.9 Å². The molecule has 2 N–H and O–H groups in total. The van der Waals surface area contributed by atoms with Gasteiger partial charge in [-0.1, -0.05) is 36.4 Å². The molecule has 0 amide bonds. The van der Waals surface area contributed by atoms with Gasteiger partial charge in [0, 0.05) is 24.6 Å². The lowest BCUT2D eigenvalue weighted by atomic mass is 10.0. The number of rotatable bonds is 10. The summed E-state index contributed by atoms with van der Waals surface area (Å²) in [6.07, 6.45) is 9.60. The molecule has 204 valence electrons. The molecule has 0 bridgehead atoms. The number of allylic oxidation sites excluding steroid dienone is 2. The fourth-order valence-corrected chi connectivity index (χ4v) is 3.93. The van der Waals surface area contributed by atoms with Crippen molar-refractivity contribution in [2.24, 2.45) is 9.98 Å². The lowest BCUT2D eigenvalue weighted by Crippen LogP contribution is -1.90. The van der Waals surface area contributed by atoms with E-state index in [-0.39, 0.29) is 22.9 Å².